The minimum absolute atomic E-state index is 0.0796. The van der Waals surface area contributed by atoms with E-state index in [1.807, 2.05) is 30.3 Å². The molecule has 0 fully saturated rings. The van der Waals surface area contributed by atoms with Gasteiger partial charge in [0.2, 0.25) is 0 Å². The molecule has 4 heteroatoms. The lowest BCUT2D eigenvalue weighted by Crippen LogP contribution is -2.15. The van der Waals surface area contributed by atoms with Gasteiger partial charge in [-0.15, -0.1) is 0 Å². The maximum absolute atomic E-state index is 11.9. The Morgan fingerprint density at radius 3 is 2.50 bits per heavy atom. The molecule has 0 atom stereocenters. The monoisotopic (exact) mass is 256 g/mol. The summed E-state index contributed by atoms with van der Waals surface area (Å²) in [5, 5.41) is 3.03. The molecule has 1 aromatic carbocycles. The number of nitrogens with zero attached hydrogens (tertiary/aromatic N) is 1. The van der Waals surface area contributed by atoms with Crippen LogP contribution in [0.5, 0.6) is 0 Å². The van der Waals surface area contributed by atoms with Crippen LogP contribution in [-0.4, -0.2) is 15.8 Å². The number of Topliss-reactive ketones (excluding diaryl/α,β-unsaturated/α-hetero) is 1. The summed E-state index contributed by atoms with van der Waals surface area (Å²) in [4.78, 5) is 16.4. The second kappa shape index (κ2) is 6.02. The Hall–Kier alpha value is -2.07. The average Bonchev–Trinajstić information content (AvgIpc) is 2.40. The van der Waals surface area contributed by atoms with Gasteiger partial charge in [0, 0.05) is 11.9 Å². The van der Waals surface area contributed by atoms with Crippen molar-refractivity contribution in [3.63, 3.8) is 0 Å². The Bertz CT molecular complexity index is 540. The fourth-order valence-corrected chi connectivity index (χ4v) is 1.74. The third kappa shape index (κ3) is 3.46. The van der Waals surface area contributed by atoms with Crippen LogP contribution in [0.25, 0.3) is 0 Å². The molecule has 0 bridgehead atoms. The van der Waals surface area contributed by atoms with Crippen LogP contribution < -0.4 is 5.32 Å². The van der Waals surface area contributed by atoms with Gasteiger partial charge >= 0.3 is 0 Å². The Morgan fingerprint density at radius 1 is 1.11 bits per heavy atom. The molecule has 18 heavy (non-hydrogen) atoms. The molecule has 2 rings (SSSR count). The summed E-state index contributed by atoms with van der Waals surface area (Å²) in [5.74, 6) is -0.0796. The fourth-order valence-electron chi connectivity index (χ4n) is 1.49. The number of carbonyl (C=O) groups is 1. The van der Waals surface area contributed by atoms with Gasteiger partial charge in [0.15, 0.2) is 5.78 Å². The number of benzene rings is 1. The van der Waals surface area contributed by atoms with Crippen molar-refractivity contribution in [1.82, 2.24) is 4.98 Å². The van der Waals surface area contributed by atoms with Crippen LogP contribution >= 0.6 is 12.2 Å². The highest BCUT2D eigenvalue weighted by Gasteiger charge is 2.09. The molecule has 1 N–H and O–H groups in total. The van der Waals surface area contributed by atoms with E-state index in [4.69, 9.17) is 12.2 Å². The Morgan fingerprint density at radius 2 is 1.83 bits per heavy atom. The standard InChI is InChI=1S/C14H12N2OS/c17-13(12-8-4-5-9-15-12)10-14(18)16-11-6-2-1-3-7-11/h1-9H,10H2,(H,16,18). The normalized spacial score (nSPS) is 9.78. The number of hydrogen-bond donors (Lipinski definition) is 1. The van der Waals surface area contributed by atoms with E-state index in [0.717, 1.165) is 5.69 Å². The van der Waals surface area contributed by atoms with Crippen molar-refractivity contribution in [3.05, 3.63) is 60.4 Å². The number of anilines is 1. The first kappa shape index (κ1) is 12.4. The lowest BCUT2D eigenvalue weighted by molar-refractivity contribution is 0.0996. The molecule has 0 saturated carbocycles. The van der Waals surface area contributed by atoms with Gasteiger partial charge in [0.1, 0.15) is 5.69 Å². The van der Waals surface area contributed by atoms with Gasteiger partial charge in [-0.05, 0) is 24.3 Å². The lowest BCUT2D eigenvalue weighted by atomic mass is 10.2. The highest BCUT2D eigenvalue weighted by molar-refractivity contribution is 7.80. The van der Waals surface area contributed by atoms with Gasteiger partial charge in [0.05, 0.1) is 11.4 Å². The Labute approximate surface area is 111 Å². The highest BCUT2D eigenvalue weighted by Crippen LogP contribution is 2.08. The van der Waals surface area contributed by atoms with E-state index in [-0.39, 0.29) is 12.2 Å². The van der Waals surface area contributed by atoms with Crippen LogP contribution in [0.1, 0.15) is 16.9 Å². The first-order valence-electron chi connectivity index (χ1n) is 5.55. The van der Waals surface area contributed by atoms with E-state index in [1.54, 1.807) is 24.4 Å². The number of rotatable bonds is 4. The molecular formula is C14H12N2OS. The maximum atomic E-state index is 11.9. The molecule has 0 amide bonds. The summed E-state index contributed by atoms with van der Waals surface area (Å²) in [6, 6.07) is 14.8. The molecule has 0 spiro atoms. The first-order chi connectivity index (χ1) is 8.75. The second-order valence-electron chi connectivity index (χ2n) is 3.73. The van der Waals surface area contributed by atoms with Gasteiger partial charge in [-0.3, -0.25) is 9.78 Å². The number of hydrogen-bond acceptors (Lipinski definition) is 3. The van der Waals surface area contributed by atoms with E-state index < -0.39 is 0 Å². The summed E-state index contributed by atoms with van der Waals surface area (Å²) >= 11 is 5.15. The van der Waals surface area contributed by atoms with Crippen molar-refractivity contribution < 1.29 is 4.79 Å². The van der Waals surface area contributed by atoms with Crippen LogP contribution in [0, 0.1) is 0 Å². The zero-order valence-electron chi connectivity index (χ0n) is 9.67. The van der Waals surface area contributed by atoms with Crippen molar-refractivity contribution in [1.29, 1.82) is 0 Å². The van der Waals surface area contributed by atoms with Gasteiger partial charge in [-0.2, -0.15) is 0 Å². The molecule has 2 aromatic rings. The molecule has 0 radical (unpaired) electrons. The summed E-state index contributed by atoms with van der Waals surface area (Å²) < 4.78 is 0. The van der Waals surface area contributed by atoms with Crippen molar-refractivity contribution >= 4 is 28.7 Å². The number of nitrogens with one attached hydrogen (secondary N) is 1. The zero-order chi connectivity index (χ0) is 12.8. The van der Waals surface area contributed by atoms with E-state index in [2.05, 4.69) is 10.3 Å². The smallest absolute Gasteiger partial charge is 0.187 e. The molecule has 0 aliphatic rings. The third-order valence-electron chi connectivity index (χ3n) is 2.33. The van der Waals surface area contributed by atoms with E-state index >= 15 is 0 Å². The van der Waals surface area contributed by atoms with Crippen LogP contribution in [0.3, 0.4) is 0 Å². The zero-order valence-corrected chi connectivity index (χ0v) is 10.5. The Kier molecular flexibility index (Phi) is 4.15. The minimum Gasteiger partial charge on any atom is -0.350 e. The van der Waals surface area contributed by atoms with Gasteiger partial charge in [-0.25, -0.2) is 0 Å². The first-order valence-corrected chi connectivity index (χ1v) is 5.95. The number of thiocarbonyl (C=S) groups is 1. The number of ketones is 1. The summed E-state index contributed by atoms with van der Waals surface area (Å²) in [5.41, 5.74) is 1.33. The molecule has 0 aliphatic heterocycles. The second-order valence-corrected chi connectivity index (χ2v) is 4.22. The highest BCUT2D eigenvalue weighted by atomic mass is 32.1. The third-order valence-corrected chi connectivity index (χ3v) is 2.58. The number of aromatic nitrogens is 1. The van der Waals surface area contributed by atoms with E-state index in [9.17, 15) is 4.79 Å². The van der Waals surface area contributed by atoms with Crippen molar-refractivity contribution in [2.45, 2.75) is 6.42 Å². The average molecular weight is 256 g/mol. The largest absolute Gasteiger partial charge is 0.350 e. The van der Waals surface area contributed by atoms with Crippen LogP contribution in [0.2, 0.25) is 0 Å². The van der Waals surface area contributed by atoms with Crippen molar-refractivity contribution in [2.24, 2.45) is 0 Å². The summed E-state index contributed by atoms with van der Waals surface area (Å²) in [7, 11) is 0. The predicted octanol–water partition coefficient (Wildman–Crippen LogP) is 3.09. The molecule has 1 heterocycles. The van der Waals surface area contributed by atoms with E-state index in [1.165, 1.54) is 0 Å². The maximum Gasteiger partial charge on any atom is 0.187 e. The lowest BCUT2D eigenvalue weighted by Gasteiger charge is -2.06. The van der Waals surface area contributed by atoms with Gasteiger partial charge in [0.25, 0.3) is 0 Å². The van der Waals surface area contributed by atoms with E-state index in [0.29, 0.717) is 10.7 Å². The molecule has 0 unspecified atom stereocenters. The topological polar surface area (TPSA) is 42.0 Å². The fraction of sp³-hybridized carbons (Fsp3) is 0.0714. The molecule has 1 aromatic heterocycles. The molecule has 90 valence electrons. The SMILES string of the molecule is O=C(CC(=S)Nc1ccccc1)c1ccccn1. The quantitative estimate of drug-likeness (QED) is 0.674. The van der Waals surface area contributed by atoms with Crippen LogP contribution in [0.15, 0.2) is 54.7 Å². The number of carbonyl (C=O) groups excluding carboxylic acids is 1. The van der Waals surface area contributed by atoms with Crippen LogP contribution in [-0.2, 0) is 0 Å². The minimum atomic E-state index is -0.0796. The number of para-hydroxylation sites is 1. The molecule has 0 saturated heterocycles. The summed E-state index contributed by atoms with van der Waals surface area (Å²) in [6.45, 7) is 0. The van der Waals surface area contributed by atoms with Crippen molar-refractivity contribution in [3.8, 4) is 0 Å². The molecule has 0 aliphatic carbocycles. The number of pyridine rings is 1. The van der Waals surface area contributed by atoms with Crippen LogP contribution in [0.4, 0.5) is 5.69 Å². The summed E-state index contributed by atoms with van der Waals surface area (Å²) in [6.07, 6.45) is 1.77. The molecular weight excluding hydrogens is 244 g/mol. The van der Waals surface area contributed by atoms with Gasteiger partial charge in [-0.1, -0.05) is 36.5 Å². The van der Waals surface area contributed by atoms with Gasteiger partial charge < -0.3 is 5.32 Å². The predicted molar refractivity (Wildman–Crippen MR) is 75.8 cm³/mol. The Balaban J connectivity index is 1.94. The molecule has 3 nitrogen and oxygen atoms in total. The van der Waals surface area contributed by atoms with Crippen molar-refractivity contribution in [2.75, 3.05) is 5.32 Å².